The van der Waals surface area contributed by atoms with Gasteiger partial charge in [0.15, 0.2) is 0 Å². The van der Waals surface area contributed by atoms with Crippen molar-refractivity contribution in [2.45, 2.75) is 26.1 Å². The second kappa shape index (κ2) is 5.48. The third-order valence-electron chi connectivity index (χ3n) is 2.83. The zero-order valence-corrected chi connectivity index (χ0v) is 10.3. The molecule has 1 aromatic rings. The Bertz CT molecular complexity index is 403. The van der Waals surface area contributed by atoms with Crippen molar-refractivity contribution in [2.75, 3.05) is 18.0 Å². The molecule has 0 bridgehead atoms. The number of hydrogen-bond donors (Lipinski definition) is 2. The summed E-state index contributed by atoms with van der Waals surface area (Å²) in [7, 11) is 0. The van der Waals surface area contributed by atoms with E-state index in [9.17, 15) is 18.3 Å². The molecule has 0 aliphatic carbocycles. The fourth-order valence-electron chi connectivity index (χ4n) is 1.76. The molecule has 0 aliphatic rings. The van der Waals surface area contributed by atoms with E-state index in [2.05, 4.69) is 0 Å². The molecule has 0 aromatic heterocycles. The van der Waals surface area contributed by atoms with Gasteiger partial charge in [-0.1, -0.05) is 6.07 Å². The van der Waals surface area contributed by atoms with Gasteiger partial charge >= 0.3 is 6.18 Å². The predicted molar refractivity (Wildman–Crippen MR) is 64.7 cm³/mol. The molecule has 0 amide bonds. The molecule has 1 aromatic carbocycles. The Morgan fingerprint density at radius 1 is 1.28 bits per heavy atom. The minimum absolute atomic E-state index is 0.307. The lowest BCUT2D eigenvalue weighted by atomic mass is 10.1. The highest BCUT2D eigenvalue weighted by Crippen LogP contribution is 2.36. The van der Waals surface area contributed by atoms with E-state index in [4.69, 9.17) is 5.73 Å². The zero-order chi connectivity index (χ0) is 13.9. The summed E-state index contributed by atoms with van der Waals surface area (Å²) in [4.78, 5) is 1.92. The van der Waals surface area contributed by atoms with Crippen LogP contribution in [0.15, 0.2) is 18.2 Å². The minimum atomic E-state index is -4.56. The number of alkyl halides is 3. The molecule has 18 heavy (non-hydrogen) atoms. The minimum Gasteiger partial charge on any atom is -0.508 e. The lowest BCUT2D eigenvalue weighted by Crippen LogP contribution is -2.28. The Labute approximate surface area is 104 Å². The van der Waals surface area contributed by atoms with E-state index in [-0.39, 0.29) is 5.56 Å². The first-order valence-electron chi connectivity index (χ1n) is 5.71. The van der Waals surface area contributed by atoms with E-state index in [1.54, 1.807) is 0 Å². The number of rotatable bonds is 4. The SMILES string of the molecule is CCN(CC)c1ccc([C@@H](N)C(F)(F)F)c(O)c1. The van der Waals surface area contributed by atoms with Crippen LogP contribution in [0.1, 0.15) is 25.5 Å². The number of phenolic OH excluding ortho intramolecular Hbond substituents is 1. The summed E-state index contributed by atoms with van der Waals surface area (Å²) in [5, 5.41) is 9.66. The van der Waals surface area contributed by atoms with Crippen molar-refractivity contribution in [3.8, 4) is 5.75 Å². The molecule has 0 spiro atoms. The summed E-state index contributed by atoms with van der Waals surface area (Å²) in [5.41, 5.74) is 5.43. The van der Waals surface area contributed by atoms with E-state index in [0.29, 0.717) is 18.8 Å². The highest BCUT2D eigenvalue weighted by Gasteiger charge is 2.39. The summed E-state index contributed by atoms with van der Waals surface area (Å²) in [5.74, 6) is -0.427. The molecule has 0 saturated carbocycles. The van der Waals surface area contributed by atoms with Crippen molar-refractivity contribution in [1.82, 2.24) is 0 Å². The van der Waals surface area contributed by atoms with Gasteiger partial charge < -0.3 is 15.7 Å². The monoisotopic (exact) mass is 262 g/mol. The Kier molecular flexibility index (Phi) is 4.45. The molecule has 3 nitrogen and oxygen atoms in total. The normalized spacial score (nSPS) is 13.4. The summed E-state index contributed by atoms with van der Waals surface area (Å²) >= 11 is 0. The average molecular weight is 262 g/mol. The maximum atomic E-state index is 12.5. The number of anilines is 1. The Balaban J connectivity index is 3.07. The second-order valence-electron chi connectivity index (χ2n) is 3.93. The van der Waals surface area contributed by atoms with Crippen LogP contribution in [-0.4, -0.2) is 24.4 Å². The molecule has 6 heteroatoms. The molecular weight excluding hydrogens is 245 g/mol. The standard InChI is InChI=1S/C12H17F3N2O/c1-3-17(4-2)8-5-6-9(10(18)7-8)11(16)12(13,14)15/h5-7,11,18H,3-4,16H2,1-2H3/t11-/m1/s1. The summed E-state index contributed by atoms with van der Waals surface area (Å²) < 4.78 is 37.4. The van der Waals surface area contributed by atoms with Gasteiger partial charge in [0.05, 0.1) is 0 Å². The van der Waals surface area contributed by atoms with Crippen molar-refractivity contribution < 1.29 is 18.3 Å². The first kappa shape index (κ1) is 14.6. The largest absolute Gasteiger partial charge is 0.508 e. The van der Waals surface area contributed by atoms with Crippen LogP contribution in [0.4, 0.5) is 18.9 Å². The van der Waals surface area contributed by atoms with Gasteiger partial charge in [-0.25, -0.2) is 0 Å². The van der Waals surface area contributed by atoms with Gasteiger partial charge in [0.2, 0.25) is 0 Å². The molecule has 0 heterocycles. The molecule has 1 atom stereocenters. The maximum Gasteiger partial charge on any atom is 0.407 e. The smallest absolute Gasteiger partial charge is 0.407 e. The van der Waals surface area contributed by atoms with E-state index in [1.807, 2.05) is 18.7 Å². The van der Waals surface area contributed by atoms with Gasteiger partial charge in [0.1, 0.15) is 11.8 Å². The van der Waals surface area contributed by atoms with Crippen molar-refractivity contribution in [3.63, 3.8) is 0 Å². The van der Waals surface area contributed by atoms with Gasteiger partial charge in [-0.05, 0) is 19.9 Å². The van der Waals surface area contributed by atoms with Crippen molar-refractivity contribution in [1.29, 1.82) is 0 Å². The Hall–Kier alpha value is -1.43. The molecule has 0 aliphatic heterocycles. The van der Waals surface area contributed by atoms with E-state index in [1.165, 1.54) is 18.2 Å². The summed E-state index contributed by atoms with van der Waals surface area (Å²) in [6.45, 7) is 5.27. The van der Waals surface area contributed by atoms with Crippen LogP contribution in [0.3, 0.4) is 0 Å². The predicted octanol–water partition coefficient (Wildman–Crippen LogP) is 2.80. The maximum absolute atomic E-state index is 12.5. The van der Waals surface area contributed by atoms with Gasteiger partial charge in [-0.2, -0.15) is 13.2 Å². The topological polar surface area (TPSA) is 49.5 Å². The van der Waals surface area contributed by atoms with Crippen LogP contribution in [-0.2, 0) is 0 Å². The third-order valence-corrected chi connectivity index (χ3v) is 2.83. The van der Waals surface area contributed by atoms with E-state index in [0.717, 1.165) is 0 Å². The van der Waals surface area contributed by atoms with Crippen LogP contribution < -0.4 is 10.6 Å². The van der Waals surface area contributed by atoms with Gasteiger partial charge in [-0.15, -0.1) is 0 Å². The number of phenols is 1. The molecule has 102 valence electrons. The quantitative estimate of drug-likeness (QED) is 0.877. The Morgan fingerprint density at radius 3 is 2.22 bits per heavy atom. The highest BCUT2D eigenvalue weighted by molar-refractivity contribution is 5.54. The van der Waals surface area contributed by atoms with Crippen LogP contribution >= 0.6 is 0 Å². The van der Waals surface area contributed by atoms with Gasteiger partial charge in [0, 0.05) is 30.4 Å². The number of halogens is 3. The first-order valence-corrected chi connectivity index (χ1v) is 5.71. The number of nitrogens with two attached hydrogens (primary N) is 1. The van der Waals surface area contributed by atoms with E-state index < -0.39 is 18.0 Å². The zero-order valence-electron chi connectivity index (χ0n) is 10.3. The fourth-order valence-corrected chi connectivity index (χ4v) is 1.76. The highest BCUT2D eigenvalue weighted by atomic mass is 19.4. The van der Waals surface area contributed by atoms with Gasteiger partial charge in [-0.3, -0.25) is 0 Å². The van der Waals surface area contributed by atoms with Crippen LogP contribution in [0, 0.1) is 0 Å². The molecule has 0 fully saturated rings. The second-order valence-corrected chi connectivity index (χ2v) is 3.93. The van der Waals surface area contributed by atoms with Crippen molar-refractivity contribution in [2.24, 2.45) is 5.73 Å². The summed E-state index contributed by atoms with van der Waals surface area (Å²) in [6, 6.07) is 1.91. The molecule has 3 N–H and O–H groups in total. The molecule has 0 radical (unpaired) electrons. The number of nitrogens with zero attached hydrogens (tertiary/aromatic N) is 1. The van der Waals surface area contributed by atoms with Crippen molar-refractivity contribution in [3.05, 3.63) is 23.8 Å². The van der Waals surface area contributed by atoms with Gasteiger partial charge in [0.25, 0.3) is 0 Å². The third kappa shape index (κ3) is 3.07. The van der Waals surface area contributed by atoms with Crippen LogP contribution in [0.25, 0.3) is 0 Å². The molecule has 1 rings (SSSR count). The first-order chi connectivity index (χ1) is 8.31. The van der Waals surface area contributed by atoms with Crippen LogP contribution in [0.5, 0.6) is 5.75 Å². The lowest BCUT2D eigenvalue weighted by molar-refractivity contribution is -0.149. The molecular formula is C12H17F3N2O. The van der Waals surface area contributed by atoms with E-state index >= 15 is 0 Å². The fraction of sp³-hybridized carbons (Fsp3) is 0.500. The Morgan fingerprint density at radius 2 is 1.83 bits per heavy atom. The lowest BCUT2D eigenvalue weighted by Gasteiger charge is -2.23. The number of aromatic hydroxyl groups is 1. The number of benzene rings is 1. The molecule has 0 saturated heterocycles. The molecule has 0 unspecified atom stereocenters. The number of hydrogen-bond acceptors (Lipinski definition) is 3. The van der Waals surface area contributed by atoms with Crippen LogP contribution in [0.2, 0.25) is 0 Å². The average Bonchev–Trinajstić information content (AvgIpc) is 2.29. The summed E-state index contributed by atoms with van der Waals surface area (Å²) in [6.07, 6.45) is -4.56. The van der Waals surface area contributed by atoms with Crippen molar-refractivity contribution >= 4 is 5.69 Å².